The van der Waals surface area contributed by atoms with E-state index < -0.39 is 0 Å². The van der Waals surface area contributed by atoms with Crippen molar-refractivity contribution in [1.29, 1.82) is 0 Å². The lowest BCUT2D eigenvalue weighted by Gasteiger charge is -2.17. The minimum absolute atomic E-state index is 0.00555. The Morgan fingerprint density at radius 1 is 1.24 bits per heavy atom. The van der Waals surface area contributed by atoms with Gasteiger partial charge in [-0.2, -0.15) is 0 Å². The Morgan fingerprint density at radius 2 is 1.92 bits per heavy atom. The molecule has 1 aliphatic heterocycles. The Kier molecular flexibility index (Phi) is 5.38. The summed E-state index contributed by atoms with van der Waals surface area (Å²) in [5.74, 6) is 0.552. The van der Waals surface area contributed by atoms with Crippen molar-refractivity contribution in [3.8, 4) is 11.8 Å². The normalized spacial score (nSPS) is 16.8. The number of benzene rings is 1. The third-order valence-corrected chi connectivity index (χ3v) is 4.16. The molecule has 7 heteroatoms. The maximum atomic E-state index is 12.3. The Labute approximate surface area is 151 Å². The maximum Gasteiger partial charge on any atom is 0.317 e. The van der Waals surface area contributed by atoms with Gasteiger partial charge in [-0.1, -0.05) is 11.6 Å². The SMILES string of the molecule is Cc1cc(C)nc(O[C@H]2CCN(C(=O)COc3ccc(Cl)cc3)C2)n1. The van der Waals surface area contributed by atoms with Crippen LogP contribution < -0.4 is 9.47 Å². The van der Waals surface area contributed by atoms with Crippen molar-refractivity contribution in [2.45, 2.75) is 26.4 Å². The van der Waals surface area contributed by atoms with Crippen LogP contribution in [0.3, 0.4) is 0 Å². The van der Waals surface area contributed by atoms with Gasteiger partial charge in [0.25, 0.3) is 5.91 Å². The molecular formula is C18H20ClN3O3. The Morgan fingerprint density at radius 3 is 2.60 bits per heavy atom. The van der Waals surface area contributed by atoms with Gasteiger partial charge in [0.1, 0.15) is 11.9 Å². The quantitative estimate of drug-likeness (QED) is 0.819. The Bertz CT molecular complexity index is 731. The second-order valence-corrected chi connectivity index (χ2v) is 6.48. The standard InChI is InChI=1S/C18H20ClN3O3/c1-12-9-13(2)21-18(20-12)25-16-7-8-22(10-16)17(23)11-24-15-5-3-14(19)4-6-15/h3-6,9,16H,7-8,10-11H2,1-2H3/t16-/m0/s1. The molecule has 1 fully saturated rings. The van der Waals surface area contributed by atoms with Gasteiger partial charge >= 0.3 is 6.01 Å². The number of hydrogen-bond donors (Lipinski definition) is 0. The molecular weight excluding hydrogens is 342 g/mol. The first-order valence-electron chi connectivity index (χ1n) is 8.14. The zero-order valence-electron chi connectivity index (χ0n) is 14.2. The average molecular weight is 362 g/mol. The summed E-state index contributed by atoms with van der Waals surface area (Å²) < 4.78 is 11.3. The van der Waals surface area contributed by atoms with Crippen LogP contribution in [-0.4, -0.2) is 46.6 Å². The van der Waals surface area contributed by atoms with Gasteiger partial charge in [-0.25, -0.2) is 9.97 Å². The molecule has 1 aromatic heterocycles. The molecule has 1 amide bonds. The smallest absolute Gasteiger partial charge is 0.317 e. The van der Waals surface area contributed by atoms with Crippen molar-refractivity contribution >= 4 is 17.5 Å². The molecule has 1 aromatic carbocycles. The minimum Gasteiger partial charge on any atom is -0.484 e. The van der Waals surface area contributed by atoms with Crippen LogP contribution in [0.1, 0.15) is 17.8 Å². The van der Waals surface area contributed by atoms with Crippen molar-refractivity contribution in [2.24, 2.45) is 0 Å². The molecule has 6 nitrogen and oxygen atoms in total. The average Bonchev–Trinajstić information content (AvgIpc) is 3.01. The van der Waals surface area contributed by atoms with Crippen molar-refractivity contribution in [2.75, 3.05) is 19.7 Å². The number of nitrogens with zero attached hydrogens (tertiary/aromatic N) is 3. The lowest BCUT2D eigenvalue weighted by molar-refractivity contribution is -0.132. The van der Waals surface area contributed by atoms with E-state index in [0.717, 1.165) is 17.8 Å². The highest BCUT2D eigenvalue weighted by Gasteiger charge is 2.28. The van der Waals surface area contributed by atoms with Gasteiger partial charge in [-0.15, -0.1) is 0 Å². The fraction of sp³-hybridized carbons (Fsp3) is 0.389. The molecule has 1 aliphatic rings. The number of rotatable bonds is 5. The summed E-state index contributed by atoms with van der Waals surface area (Å²) in [5, 5.41) is 0.631. The zero-order valence-corrected chi connectivity index (χ0v) is 15.0. The number of ether oxygens (including phenoxy) is 2. The minimum atomic E-state index is -0.0966. The molecule has 1 saturated heterocycles. The molecule has 1 atom stereocenters. The van der Waals surface area contributed by atoms with Gasteiger partial charge in [-0.3, -0.25) is 4.79 Å². The van der Waals surface area contributed by atoms with E-state index in [-0.39, 0.29) is 18.6 Å². The predicted molar refractivity (Wildman–Crippen MR) is 94.1 cm³/mol. The van der Waals surface area contributed by atoms with Gasteiger partial charge in [-0.05, 0) is 44.2 Å². The molecule has 2 aromatic rings. The molecule has 0 radical (unpaired) electrons. The first-order valence-corrected chi connectivity index (χ1v) is 8.52. The second kappa shape index (κ2) is 7.70. The fourth-order valence-corrected chi connectivity index (χ4v) is 2.84. The number of carbonyl (C=O) groups excluding carboxylic acids is 1. The third-order valence-electron chi connectivity index (χ3n) is 3.91. The predicted octanol–water partition coefficient (Wildman–Crippen LogP) is 2.81. The molecule has 0 unspecified atom stereocenters. The van der Waals surface area contributed by atoms with Gasteiger partial charge < -0.3 is 14.4 Å². The highest BCUT2D eigenvalue weighted by molar-refractivity contribution is 6.30. The molecule has 132 valence electrons. The maximum absolute atomic E-state index is 12.3. The number of carbonyl (C=O) groups is 1. The summed E-state index contributed by atoms with van der Waals surface area (Å²) in [6, 6.07) is 9.20. The summed E-state index contributed by atoms with van der Waals surface area (Å²) in [7, 11) is 0. The number of aryl methyl sites for hydroxylation is 2. The fourth-order valence-electron chi connectivity index (χ4n) is 2.71. The van der Waals surface area contributed by atoms with E-state index >= 15 is 0 Å². The zero-order chi connectivity index (χ0) is 17.8. The summed E-state index contributed by atoms with van der Waals surface area (Å²) >= 11 is 5.83. The van der Waals surface area contributed by atoms with Gasteiger partial charge in [0.05, 0.1) is 6.54 Å². The highest BCUT2D eigenvalue weighted by atomic mass is 35.5. The molecule has 2 heterocycles. The van der Waals surface area contributed by atoms with Gasteiger partial charge in [0.15, 0.2) is 6.61 Å². The number of likely N-dealkylation sites (tertiary alicyclic amines) is 1. The van der Waals surface area contributed by atoms with E-state index in [1.165, 1.54) is 0 Å². The van der Waals surface area contributed by atoms with Crippen LogP contribution >= 0.6 is 11.6 Å². The van der Waals surface area contributed by atoms with Crippen molar-refractivity contribution in [3.05, 3.63) is 46.7 Å². The van der Waals surface area contributed by atoms with E-state index in [1.54, 1.807) is 29.2 Å². The molecule has 3 rings (SSSR count). The van der Waals surface area contributed by atoms with Crippen molar-refractivity contribution < 1.29 is 14.3 Å². The summed E-state index contributed by atoms with van der Waals surface area (Å²) in [6.45, 7) is 4.95. The number of amides is 1. The van der Waals surface area contributed by atoms with Crippen molar-refractivity contribution in [1.82, 2.24) is 14.9 Å². The molecule has 0 N–H and O–H groups in total. The second-order valence-electron chi connectivity index (χ2n) is 6.04. The van der Waals surface area contributed by atoms with Crippen LogP contribution in [0.2, 0.25) is 5.02 Å². The Balaban J connectivity index is 1.49. The largest absolute Gasteiger partial charge is 0.484 e. The first-order chi connectivity index (χ1) is 12.0. The summed E-state index contributed by atoms with van der Waals surface area (Å²) in [4.78, 5) is 22.6. The molecule has 0 saturated carbocycles. The highest BCUT2D eigenvalue weighted by Crippen LogP contribution is 2.18. The van der Waals surface area contributed by atoms with E-state index in [1.807, 2.05) is 19.9 Å². The summed E-state index contributed by atoms with van der Waals surface area (Å²) in [5.41, 5.74) is 1.73. The monoisotopic (exact) mass is 361 g/mol. The molecule has 25 heavy (non-hydrogen) atoms. The Hall–Kier alpha value is -2.34. The van der Waals surface area contributed by atoms with Crippen LogP contribution in [0.15, 0.2) is 30.3 Å². The summed E-state index contributed by atoms with van der Waals surface area (Å²) in [6.07, 6.45) is 0.656. The number of hydrogen-bond acceptors (Lipinski definition) is 5. The van der Waals surface area contributed by atoms with E-state index in [4.69, 9.17) is 21.1 Å². The van der Waals surface area contributed by atoms with Crippen molar-refractivity contribution in [3.63, 3.8) is 0 Å². The van der Waals surface area contributed by atoms with Crippen LogP contribution in [0.5, 0.6) is 11.8 Å². The lowest BCUT2D eigenvalue weighted by Crippen LogP contribution is -2.34. The molecule has 0 bridgehead atoms. The third kappa shape index (κ3) is 4.82. The topological polar surface area (TPSA) is 64.5 Å². The number of aromatic nitrogens is 2. The first kappa shape index (κ1) is 17.5. The van der Waals surface area contributed by atoms with Crippen LogP contribution in [0, 0.1) is 13.8 Å². The molecule has 0 spiro atoms. The van der Waals surface area contributed by atoms with Gasteiger partial charge in [0.2, 0.25) is 0 Å². The van der Waals surface area contributed by atoms with E-state index in [0.29, 0.717) is 29.9 Å². The van der Waals surface area contributed by atoms with E-state index in [2.05, 4.69) is 9.97 Å². The molecule has 0 aliphatic carbocycles. The van der Waals surface area contributed by atoms with Crippen LogP contribution in [0.25, 0.3) is 0 Å². The van der Waals surface area contributed by atoms with E-state index in [9.17, 15) is 4.79 Å². The number of halogens is 1. The lowest BCUT2D eigenvalue weighted by atomic mass is 10.3. The van der Waals surface area contributed by atoms with Gasteiger partial charge in [0, 0.05) is 29.4 Å². The van der Waals surface area contributed by atoms with Crippen LogP contribution in [-0.2, 0) is 4.79 Å². The van der Waals surface area contributed by atoms with Crippen LogP contribution in [0.4, 0.5) is 0 Å².